The molecule has 1 aromatic rings. The summed E-state index contributed by atoms with van der Waals surface area (Å²) < 4.78 is 10.3. The number of rotatable bonds is 9. The van der Waals surface area contributed by atoms with Gasteiger partial charge in [0.2, 0.25) is 17.7 Å². The van der Waals surface area contributed by atoms with E-state index >= 15 is 0 Å². The molecule has 1 fully saturated rings. The number of phenols is 1. The standard InChI is InChI=1S/C19H28N4O6/c1-12(21-17(25)11-23-5-7-29-8-6-23)19(27)22-14(18(20)26)9-13-3-4-15(24)16(10-13)28-2/h3-4,10,12,14,24H,5-9,11H2,1-2H3,(H2,20,26)(H,21,25)(H,22,27). The lowest BCUT2D eigenvalue weighted by atomic mass is 10.0. The van der Waals surface area contributed by atoms with Crippen LogP contribution in [0.15, 0.2) is 18.2 Å². The molecule has 1 aromatic carbocycles. The number of ether oxygens (including phenoxy) is 2. The smallest absolute Gasteiger partial charge is 0.242 e. The third-order valence-corrected chi connectivity index (χ3v) is 4.59. The molecule has 1 saturated heterocycles. The number of phenolic OH excluding ortho intramolecular Hbond substituents is 1. The first-order chi connectivity index (χ1) is 13.8. The van der Waals surface area contributed by atoms with E-state index in [-0.39, 0.29) is 30.4 Å². The van der Waals surface area contributed by atoms with Crippen LogP contribution in [-0.2, 0) is 25.5 Å². The number of carbonyl (C=O) groups is 3. The normalized spacial score (nSPS) is 16.5. The van der Waals surface area contributed by atoms with E-state index in [0.717, 1.165) is 0 Å². The summed E-state index contributed by atoms with van der Waals surface area (Å²) in [6, 6.07) is 2.79. The van der Waals surface area contributed by atoms with E-state index in [4.69, 9.17) is 15.2 Å². The second kappa shape index (κ2) is 10.6. The molecule has 0 aliphatic carbocycles. The zero-order valence-corrected chi connectivity index (χ0v) is 16.6. The van der Waals surface area contributed by atoms with Crippen LogP contribution in [0.4, 0.5) is 0 Å². The van der Waals surface area contributed by atoms with Crippen LogP contribution in [0, 0.1) is 0 Å². The van der Waals surface area contributed by atoms with Gasteiger partial charge in [0.05, 0.1) is 26.9 Å². The largest absolute Gasteiger partial charge is 0.504 e. The van der Waals surface area contributed by atoms with Crippen molar-refractivity contribution in [2.45, 2.75) is 25.4 Å². The lowest BCUT2D eigenvalue weighted by molar-refractivity contribution is -0.131. The van der Waals surface area contributed by atoms with Crippen LogP contribution in [0.25, 0.3) is 0 Å². The van der Waals surface area contributed by atoms with Crippen molar-refractivity contribution in [2.24, 2.45) is 5.73 Å². The molecule has 2 unspecified atom stereocenters. The number of benzene rings is 1. The van der Waals surface area contributed by atoms with Gasteiger partial charge in [0.15, 0.2) is 11.5 Å². The van der Waals surface area contributed by atoms with Gasteiger partial charge in [-0.15, -0.1) is 0 Å². The van der Waals surface area contributed by atoms with Crippen molar-refractivity contribution in [1.29, 1.82) is 0 Å². The number of methoxy groups -OCH3 is 1. The van der Waals surface area contributed by atoms with Gasteiger partial charge in [0, 0.05) is 19.5 Å². The minimum Gasteiger partial charge on any atom is -0.504 e. The van der Waals surface area contributed by atoms with Crippen LogP contribution in [0.1, 0.15) is 12.5 Å². The van der Waals surface area contributed by atoms with E-state index in [9.17, 15) is 19.5 Å². The van der Waals surface area contributed by atoms with Crippen molar-refractivity contribution < 1.29 is 29.0 Å². The minimum atomic E-state index is -0.977. The Kier molecular flexibility index (Phi) is 8.22. The summed E-state index contributed by atoms with van der Waals surface area (Å²) in [6.45, 7) is 4.18. The number of aromatic hydroxyl groups is 1. The number of carbonyl (C=O) groups excluding carboxylic acids is 3. The molecular formula is C19H28N4O6. The molecule has 0 aromatic heterocycles. The van der Waals surface area contributed by atoms with Gasteiger partial charge in [-0.1, -0.05) is 6.07 Å². The fourth-order valence-electron chi connectivity index (χ4n) is 2.92. The van der Waals surface area contributed by atoms with Crippen molar-refractivity contribution in [2.75, 3.05) is 40.0 Å². The van der Waals surface area contributed by atoms with Crippen LogP contribution in [-0.4, -0.2) is 79.8 Å². The summed E-state index contributed by atoms with van der Waals surface area (Å²) in [5, 5.41) is 14.8. The molecule has 0 saturated carbocycles. The van der Waals surface area contributed by atoms with Gasteiger partial charge in [0.25, 0.3) is 0 Å². The van der Waals surface area contributed by atoms with Crippen molar-refractivity contribution in [3.8, 4) is 11.5 Å². The number of nitrogens with one attached hydrogen (secondary N) is 2. The van der Waals surface area contributed by atoms with Crippen molar-refractivity contribution >= 4 is 17.7 Å². The fraction of sp³-hybridized carbons (Fsp3) is 0.526. The van der Waals surface area contributed by atoms with E-state index in [1.165, 1.54) is 20.1 Å². The number of hydrogen-bond acceptors (Lipinski definition) is 7. The van der Waals surface area contributed by atoms with Gasteiger partial charge in [-0.05, 0) is 24.6 Å². The summed E-state index contributed by atoms with van der Waals surface area (Å²) in [5.74, 6) is -1.30. The first-order valence-corrected chi connectivity index (χ1v) is 9.35. The molecule has 3 amide bonds. The topological polar surface area (TPSA) is 143 Å². The lowest BCUT2D eigenvalue weighted by Gasteiger charge is -2.26. The van der Waals surface area contributed by atoms with Crippen molar-refractivity contribution in [1.82, 2.24) is 15.5 Å². The van der Waals surface area contributed by atoms with E-state index in [0.29, 0.717) is 31.9 Å². The number of nitrogens with zero attached hydrogens (tertiary/aromatic N) is 1. The van der Waals surface area contributed by atoms with Crippen LogP contribution >= 0.6 is 0 Å². The number of nitrogens with two attached hydrogens (primary N) is 1. The summed E-state index contributed by atoms with van der Waals surface area (Å²) in [7, 11) is 1.41. The van der Waals surface area contributed by atoms with E-state index < -0.39 is 23.9 Å². The first kappa shape index (κ1) is 22.4. The molecule has 10 nitrogen and oxygen atoms in total. The first-order valence-electron chi connectivity index (χ1n) is 9.35. The molecule has 0 bridgehead atoms. The number of amides is 3. The Morgan fingerprint density at radius 1 is 1.28 bits per heavy atom. The lowest BCUT2D eigenvalue weighted by Crippen LogP contribution is -2.54. The Labute approximate surface area is 169 Å². The molecule has 1 heterocycles. The van der Waals surface area contributed by atoms with Crippen LogP contribution in [0.3, 0.4) is 0 Å². The molecule has 160 valence electrons. The second-order valence-corrected chi connectivity index (χ2v) is 6.85. The highest BCUT2D eigenvalue weighted by Crippen LogP contribution is 2.26. The Morgan fingerprint density at radius 2 is 1.97 bits per heavy atom. The van der Waals surface area contributed by atoms with E-state index in [1.54, 1.807) is 12.1 Å². The SMILES string of the molecule is COc1cc(CC(NC(=O)C(C)NC(=O)CN2CCOCC2)C(N)=O)ccc1O. The monoisotopic (exact) mass is 408 g/mol. The summed E-state index contributed by atoms with van der Waals surface area (Å²) in [4.78, 5) is 38.3. The fourth-order valence-corrected chi connectivity index (χ4v) is 2.92. The number of morpholine rings is 1. The Hall–Kier alpha value is -2.85. The molecule has 10 heteroatoms. The zero-order chi connectivity index (χ0) is 21.4. The third-order valence-electron chi connectivity index (χ3n) is 4.59. The van der Waals surface area contributed by atoms with Crippen molar-refractivity contribution in [3.63, 3.8) is 0 Å². The van der Waals surface area contributed by atoms with Gasteiger partial charge >= 0.3 is 0 Å². The quantitative estimate of drug-likeness (QED) is 0.400. The molecule has 0 spiro atoms. The maximum Gasteiger partial charge on any atom is 0.242 e. The average Bonchev–Trinajstić information content (AvgIpc) is 2.69. The Balaban J connectivity index is 1.90. The average molecular weight is 408 g/mol. The van der Waals surface area contributed by atoms with Crippen LogP contribution < -0.4 is 21.1 Å². The van der Waals surface area contributed by atoms with E-state index in [1.807, 2.05) is 4.90 Å². The van der Waals surface area contributed by atoms with Gasteiger partial charge in [0.1, 0.15) is 12.1 Å². The van der Waals surface area contributed by atoms with E-state index in [2.05, 4.69) is 10.6 Å². The molecule has 2 rings (SSSR count). The highest BCUT2D eigenvalue weighted by molar-refractivity contribution is 5.91. The molecule has 2 atom stereocenters. The Morgan fingerprint density at radius 3 is 2.59 bits per heavy atom. The minimum absolute atomic E-state index is 0.0347. The van der Waals surface area contributed by atoms with Crippen LogP contribution in [0.2, 0.25) is 0 Å². The predicted octanol–water partition coefficient (Wildman–Crippen LogP) is -1.25. The number of primary amides is 1. The molecule has 1 aliphatic rings. The highest BCUT2D eigenvalue weighted by atomic mass is 16.5. The van der Waals surface area contributed by atoms with Crippen molar-refractivity contribution in [3.05, 3.63) is 23.8 Å². The number of hydrogen-bond donors (Lipinski definition) is 4. The van der Waals surface area contributed by atoms with Gasteiger partial charge in [-0.3, -0.25) is 19.3 Å². The second-order valence-electron chi connectivity index (χ2n) is 6.85. The predicted molar refractivity (Wildman–Crippen MR) is 104 cm³/mol. The summed E-state index contributed by atoms with van der Waals surface area (Å²) in [6.07, 6.45) is 0.117. The molecular weight excluding hydrogens is 380 g/mol. The molecule has 0 radical (unpaired) electrons. The summed E-state index contributed by atoms with van der Waals surface area (Å²) >= 11 is 0. The van der Waals surface area contributed by atoms with Crippen LogP contribution in [0.5, 0.6) is 11.5 Å². The van der Waals surface area contributed by atoms with Gasteiger partial charge in [-0.2, -0.15) is 0 Å². The van der Waals surface area contributed by atoms with Gasteiger partial charge in [-0.25, -0.2) is 0 Å². The van der Waals surface area contributed by atoms with Gasteiger partial charge < -0.3 is 30.9 Å². The maximum atomic E-state index is 12.4. The highest BCUT2D eigenvalue weighted by Gasteiger charge is 2.24. The molecule has 1 aliphatic heterocycles. The zero-order valence-electron chi connectivity index (χ0n) is 16.6. The molecule has 29 heavy (non-hydrogen) atoms. The third kappa shape index (κ3) is 6.91. The Bertz CT molecular complexity index is 735. The molecule has 5 N–H and O–H groups in total. The summed E-state index contributed by atoms with van der Waals surface area (Å²) in [5.41, 5.74) is 6.06. The maximum absolute atomic E-state index is 12.4.